The Morgan fingerprint density at radius 2 is 2.37 bits per heavy atom. The van der Waals surface area contributed by atoms with Crippen LogP contribution in [0.4, 0.5) is 5.69 Å². The van der Waals surface area contributed by atoms with E-state index in [0.717, 1.165) is 21.7 Å². The molecule has 0 aromatic carbocycles. The fraction of sp³-hybridized carbons (Fsp3) is 0.154. The van der Waals surface area contributed by atoms with Gasteiger partial charge in [0, 0.05) is 36.3 Å². The number of hydrogen-bond acceptors (Lipinski definition) is 5. The monoisotopic (exact) mass is 289 g/mol. The summed E-state index contributed by atoms with van der Waals surface area (Å²) in [4.78, 5) is 9.17. The molecule has 1 aliphatic rings. The molecule has 0 saturated carbocycles. The van der Waals surface area contributed by atoms with Crippen molar-refractivity contribution in [2.24, 2.45) is 4.99 Å². The smallest absolute Gasteiger partial charge is 0.210 e. The first-order valence-electron chi connectivity index (χ1n) is 5.83. The van der Waals surface area contributed by atoms with Crippen LogP contribution in [0, 0.1) is 3.95 Å². The highest BCUT2D eigenvalue weighted by atomic mass is 32.1. The zero-order valence-corrected chi connectivity index (χ0v) is 11.8. The Morgan fingerprint density at radius 3 is 3.11 bits per heavy atom. The third-order valence-electron chi connectivity index (χ3n) is 2.95. The first-order valence-corrected chi connectivity index (χ1v) is 7.06. The number of hydrogen-bond donors (Lipinski definition) is 1. The maximum atomic E-state index is 10.1. The summed E-state index contributed by atoms with van der Waals surface area (Å²) in [6.45, 7) is 2.62. The molecule has 0 unspecified atom stereocenters. The van der Waals surface area contributed by atoms with Crippen molar-refractivity contribution in [2.45, 2.75) is 13.5 Å². The average molecular weight is 289 g/mol. The van der Waals surface area contributed by atoms with Crippen molar-refractivity contribution in [3.05, 3.63) is 32.9 Å². The molecule has 0 atom stereocenters. The molecule has 0 saturated heterocycles. The van der Waals surface area contributed by atoms with E-state index in [1.54, 1.807) is 23.2 Å². The van der Waals surface area contributed by atoms with Gasteiger partial charge in [-0.2, -0.15) is 0 Å². The maximum absolute atomic E-state index is 10.1. The first-order chi connectivity index (χ1) is 9.20. The van der Waals surface area contributed by atoms with Gasteiger partial charge < -0.3 is 5.11 Å². The summed E-state index contributed by atoms with van der Waals surface area (Å²) in [6.07, 6.45) is 7.18. The van der Waals surface area contributed by atoms with Crippen molar-refractivity contribution in [1.82, 2.24) is 9.55 Å². The number of rotatable bonds is 2. The summed E-state index contributed by atoms with van der Waals surface area (Å²) in [5, 5.41) is 10.1. The lowest BCUT2D eigenvalue weighted by Gasteiger charge is -2.00. The molecule has 96 valence electrons. The molecule has 0 aliphatic carbocycles. The molecule has 3 heterocycles. The van der Waals surface area contributed by atoms with Crippen LogP contribution in [0.25, 0.3) is 11.6 Å². The highest BCUT2D eigenvalue weighted by Gasteiger charge is 2.14. The zero-order chi connectivity index (χ0) is 13.4. The number of pyridine rings is 1. The predicted molar refractivity (Wildman–Crippen MR) is 80.7 cm³/mol. The number of aromatic hydroxyl groups is 1. The van der Waals surface area contributed by atoms with E-state index in [2.05, 4.69) is 9.98 Å². The maximum Gasteiger partial charge on any atom is 0.210 e. The van der Waals surface area contributed by atoms with Gasteiger partial charge in [0.2, 0.25) is 5.88 Å². The van der Waals surface area contributed by atoms with Crippen molar-refractivity contribution < 1.29 is 5.11 Å². The second-order valence-electron chi connectivity index (χ2n) is 4.05. The van der Waals surface area contributed by atoms with Gasteiger partial charge in [0.25, 0.3) is 0 Å². The quantitative estimate of drug-likeness (QED) is 0.858. The van der Waals surface area contributed by atoms with Crippen molar-refractivity contribution in [3.8, 4) is 5.88 Å². The lowest BCUT2D eigenvalue weighted by atomic mass is 10.1. The molecule has 0 amide bonds. The van der Waals surface area contributed by atoms with E-state index in [1.165, 1.54) is 11.3 Å². The second kappa shape index (κ2) is 4.71. The Balaban J connectivity index is 2.10. The molecule has 2 aromatic heterocycles. The van der Waals surface area contributed by atoms with Crippen molar-refractivity contribution in [1.29, 1.82) is 0 Å². The summed E-state index contributed by atoms with van der Waals surface area (Å²) in [5.41, 5.74) is 2.82. The fourth-order valence-electron chi connectivity index (χ4n) is 1.97. The van der Waals surface area contributed by atoms with Gasteiger partial charge in [-0.25, -0.2) is 0 Å². The van der Waals surface area contributed by atoms with E-state index in [-0.39, 0.29) is 5.88 Å². The minimum absolute atomic E-state index is 0.218. The van der Waals surface area contributed by atoms with Crippen LogP contribution >= 0.6 is 23.6 Å². The van der Waals surface area contributed by atoms with Gasteiger partial charge in [-0.05, 0) is 31.3 Å². The summed E-state index contributed by atoms with van der Waals surface area (Å²) in [6, 6.07) is 1.87. The first kappa shape index (κ1) is 12.3. The van der Waals surface area contributed by atoms with Gasteiger partial charge in [0.1, 0.15) is 0 Å². The molecule has 0 radical (unpaired) electrons. The standard InChI is InChI=1S/C13H11N3OS2/c1-2-16-12(17)11(19-13(16)18)5-8-6-15-10-3-4-14-7-9(8)10/h3-7,17H,2H2,1H3/b8-5+. The second-order valence-corrected chi connectivity index (χ2v) is 5.73. The van der Waals surface area contributed by atoms with Gasteiger partial charge in [0.15, 0.2) is 3.95 Å². The summed E-state index contributed by atoms with van der Waals surface area (Å²) >= 11 is 6.62. The largest absolute Gasteiger partial charge is 0.493 e. The highest BCUT2D eigenvalue weighted by molar-refractivity contribution is 7.73. The van der Waals surface area contributed by atoms with Crippen LogP contribution in [0.5, 0.6) is 5.88 Å². The summed E-state index contributed by atoms with van der Waals surface area (Å²) in [5.74, 6) is 0.218. The third kappa shape index (κ3) is 2.02. The fourth-order valence-corrected chi connectivity index (χ4v) is 3.36. The van der Waals surface area contributed by atoms with Crippen LogP contribution in [0.2, 0.25) is 0 Å². The molecule has 3 rings (SSSR count). The van der Waals surface area contributed by atoms with Crippen LogP contribution in [0.3, 0.4) is 0 Å². The molecule has 0 spiro atoms. The van der Waals surface area contributed by atoms with Crippen molar-refractivity contribution in [3.63, 3.8) is 0 Å². The van der Waals surface area contributed by atoms with E-state index in [4.69, 9.17) is 12.2 Å². The molecule has 19 heavy (non-hydrogen) atoms. The highest BCUT2D eigenvalue weighted by Crippen LogP contribution is 2.35. The van der Waals surface area contributed by atoms with Crippen molar-refractivity contribution in [2.75, 3.05) is 0 Å². The van der Waals surface area contributed by atoms with Gasteiger partial charge in [-0.1, -0.05) is 0 Å². The molecule has 1 N–H and O–H groups in total. The number of aliphatic imine (C=N–C) groups is 1. The lowest BCUT2D eigenvalue weighted by molar-refractivity contribution is 0.419. The number of aromatic nitrogens is 2. The minimum Gasteiger partial charge on any atom is -0.493 e. The molecule has 1 aliphatic heterocycles. The molecular weight excluding hydrogens is 278 g/mol. The van der Waals surface area contributed by atoms with Gasteiger partial charge in [0.05, 0.1) is 10.6 Å². The molecule has 2 aromatic rings. The van der Waals surface area contributed by atoms with Crippen molar-refractivity contribution >= 4 is 47.1 Å². The SMILES string of the molecule is CCn1c(O)c(/C=C2\C=Nc3ccncc32)sc1=S. The average Bonchev–Trinajstić information content (AvgIpc) is 2.93. The number of nitrogens with zero attached hydrogens (tertiary/aromatic N) is 3. The third-order valence-corrected chi connectivity index (χ3v) is 4.33. The van der Waals surface area contributed by atoms with E-state index in [0.29, 0.717) is 10.5 Å². The van der Waals surface area contributed by atoms with Crippen LogP contribution < -0.4 is 0 Å². The normalized spacial score (nSPS) is 15.1. The number of thiazole rings is 1. The van der Waals surface area contributed by atoms with E-state index >= 15 is 0 Å². The molecule has 0 fully saturated rings. The van der Waals surface area contributed by atoms with E-state index < -0.39 is 0 Å². The van der Waals surface area contributed by atoms with E-state index in [9.17, 15) is 5.11 Å². The van der Waals surface area contributed by atoms with Crippen LogP contribution in [-0.4, -0.2) is 20.9 Å². The molecule has 4 nitrogen and oxygen atoms in total. The zero-order valence-electron chi connectivity index (χ0n) is 10.2. The molecule has 6 heteroatoms. The van der Waals surface area contributed by atoms with Gasteiger partial charge in [-0.3, -0.25) is 14.5 Å². The predicted octanol–water partition coefficient (Wildman–Crippen LogP) is 3.66. The molecule has 0 bridgehead atoms. The summed E-state index contributed by atoms with van der Waals surface area (Å²) in [7, 11) is 0. The van der Waals surface area contributed by atoms with Gasteiger partial charge >= 0.3 is 0 Å². The number of fused-ring (bicyclic) bond motifs is 1. The Bertz CT molecular complexity index is 755. The van der Waals surface area contributed by atoms with E-state index in [1.807, 2.05) is 19.1 Å². The van der Waals surface area contributed by atoms with Crippen LogP contribution in [-0.2, 0) is 6.54 Å². The summed E-state index contributed by atoms with van der Waals surface area (Å²) < 4.78 is 2.39. The van der Waals surface area contributed by atoms with Crippen LogP contribution in [0.15, 0.2) is 23.5 Å². The Hall–Kier alpha value is -1.79. The topological polar surface area (TPSA) is 50.4 Å². The van der Waals surface area contributed by atoms with Gasteiger partial charge in [-0.15, -0.1) is 11.3 Å². The minimum atomic E-state index is 0.218. The molecular formula is C13H11N3OS2. The number of allylic oxidation sites excluding steroid dienone is 1. The van der Waals surface area contributed by atoms with Crippen LogP contribution in [0.1, 0.15) is 17.4 Å². The Labute approximate surface area is 119 Å². The Kier molecular flexibility index (Phi) is 3.04. The Morgan fingerprint density at radius 1 is 1.53 bits per heavy atom. The lowest BCUT2D eigenvalue weighted by Crippen LogP contribution is -1.91.